The Balaban J connectivity index is 2.51. The van der Waals surface area contributed by atoms with Crippen molar-refractivity contribution in [2.75, 3.05) is 0 Å². The normalized spacial score (nSPS) is 11.6. The molecule has 0 radical (unpaired) electrons. The first-order chi connectivity index (χ1) is 7.50. The monoisotopic (exact) mass is 260 g/mol. The predicted molar refractivity (Wildman–Crippen MR) is 50.2 cm³/mol. The fourth-order valence-corrected chi connectivity index (χ4v) is 2.21. The van der Waals surface area contributed by atoms with Crippen molar-refractivity contribution in [3.8, 4) is 5.95 Å². The average Bonchev–Trinajstić information content (AvgIpc) is 2.66. The van der Waals surface area contributed by atoms with E-state index in [0.29, 0.717) is 9.11 Å². The van der Waals surface area contributed by atoms with Gasteiger partial charge >= 0.3 is 10.0 Å². The van der Waals surface area contributed by atoms with Gasteiger partial charge in [0.2, 0.25) is 6.20 Å². The van der Waals surface area contributed by atoms with Crippen LogP contribution in [-0.2, 0) is 10.0 Å². The molecule has 0 bridgehead atoms. The predicted octanol–water partition coefficient (Wildman–Crippen LogP) is -0.0739. The second kappa shape index (κ2) is 3.76. The first-order valence-electron chi connectivity index (χ1n) is 4.07. The van der Waals surface area contributed by atoms with Crippen molar-refractivity contribution in [2.45, 2.75) is 4.90 Å². The molecule has 0 atom stereocenters. The number of nitrogens with zero attached hydrogens (tertiary/aromatic N) is 2. The first-order valence-corrected chi connectivity index (χ1v) is 5.89. The molecule has 16 heavy (non-hydrogen) atoms. The third kappa shape index (κ3) is 1.86. The van der Waals surface area contributed by atoms with Gasteiger partial charge in [-0.05, 0) is 24.3 Å². The number of rotatable bonds is 2. The quantitative estimate of drug-likeness (QED) is 0.705. The van der Waals surface area contributed by atoms with Gasteiger partial charge in [-0.2, -0.15) is 8.42 Å². The molecule has 0 fully saturated rings. The highest BCUT2D eigenvalue weighted by atomic mass is 35.5. The van der Waals surface area contributed by atoms with E-state index < -0.39 is 16.0 Å². The Morgan fingerprint density at radius 1 is 1.31 bits per heavy atom. The fourth-order valence-electron chi connectivity index (χ4n) is 1.05. The van der Waals surface area contributed by atoms with E-state index in [1.807, 2.05) is 0 Å². The van der Waals surface area contributed by atoms with Crippen molar-refractivity contribution in [3.63, 3.8) is 0 Å². The van der Waals surface area contributed by atoms with Crippen LogP contribution in [0.4, 0.5) is 0 Å². The van der Waals surface area contributed by atoms with Crippen molar-refractivity contribution < 1.29 is 22.1 Å². The third-order valence-corrected chi connectivity index (χ3v) is 3.57. The highest BCUT2D eigenvalue weighted by Crippen LogP contribution is 2.13. The lowest BCUT2D eigenvalue weighted by Gasteiger charge is -1.94. The summed E-state index contributed by atoms with van der Waals surface area (Å²) in [5, 5.41) is 14.2. The Morgan fingerprint density at radius 2 is 1.94 bits per heavy atom. The molecule has 1 aromatic heterocycles. The van der Waals surface area contributed by atoms with Gasteiger partial charge in [-0.3, -0.25) is 0 Å². The summed E-state index contributed by atoms with van der Waals surface area (Å²) in [6.45, 7) is 0. The summed E-state index contributed by atoms with van der Waals surface area (Å²) in [5.41, 5.74) is 0. The van der Waals surface area contributed by atoms with Gasteiger partial charge in [-0.25, -0.2) is 0 Å². The number of halogens is 1. The Kier molecular flexibility index (Phi) is 2.56. The zero-order valence-electron chi connectivity index (χ0n) is 7.70. The Hall–Kier alpha value is -1.60. The lowest BCUT2D eigenvalue weighted by Crippen LogP contribution is -2.43. The van der Waals surface area contributed by atoms with Gasteiger partial charge in [0.25, 0.3) is 0 Å². The summed E-state index contributed by atoms with van der Waals surface area (Å²) in [7, 11) is -3.88. The topological polar surface area (TPSA) is 87.1 Å². The van der Waals surface area contributed by atoms with Crippen LogP contribution in [0.5, 0.6) is 5.95 Å². The molecule has 8 heteroatoms. The van der Waals surface area contributed by atoms with Crippen molar-refractivity contribution >= 4 is 21.6 Å². The number of hydrogen-bond donors (Lipinski definition) is 0. The summed E-state index contributed by atoms with van der Waals surface area (Å²) < 4.78 is 28.3. The Bertz CT molecular complexity index is 605. The van der Waals surface area contributed by atoms with E-state index in [1.165, 1.54) is 24.3 Å². The van der Waals surface area contributed by atoms with E-state index in [4.69, 9.17) is 11.6 Å². The van der Waals surface area contributed by atoms with Gasteiger partial charge < -0.3 is 9.63 Å². The number of aromatic nitrogens is 2. The van der Waals surface area contributed by atoms with Gasteiger partial charge in [-0.1, -0.05) is 11.6 Å². The van der Waals surface area contributed by atoms with Gasteiger partial charge in [-0.15, -0.1) is 0 Å². The largest absolute Gasteiger partial charge is 0.539 e. The maximum atomic E-state index is 11.8. The number of hydrogen-bond acceptors (Lipinski definition) is 5. The van der Waals surface area contributed by atoms with Gasteiger partial charge in [0.1, 0.15) is 10.2 Å². The van der Waals surface area contributed by atoms with Crippen LogP contribution in [0.25, 0.3) is 0 Å². The lowest BCUT2D eigenvalue weighted by molar-refractivity contribution is -0.592. The fraction of sp³-hybridized carbons (Fsp3) is 0. The summed E-state index contributed by atoms with van der Waals surface area (Å²) in [6, 6.07) is 5.47. The SMILES string of the molecule is O=S(=O)(c1ccc(Cl)cc1)[n+]1cc([O-])on1. The standard InChI is InChI=1S/C8H5ClN2O4S/c9-6-1-3-7(4-2-6)16(13,14)11-5-8(12)15-10-11/h1-5H. The summed E-state index contributed by atoms with van der Waals surface area (Å²) in [4.78, 5) is -0.0322. The second-order valence-corrected chi connectivity index (χ2v) is 5.08. The minimum atomic E-state index is -3.88. The smallest absolute Gasteiger partial charge is 0.423 e. The van der Waals surface area contributed by atoms with E-state index in [9.17, 15) is 13.5 Å². The molecule has 1 heterocycles. The number of benzene rings is 1. The van der Waals surface area contributed by atoms with Crippen LogP contribution in [0.15, 0.2) is 39.9 Å². The molecule has 84 valence electrons. The van der Waals surface area contributed by atoms with E-state index in [1.54, 1.807) is 0 Å². The minimum Gasteiger partial charge on any atom is -0.539 e. The molecule has 6 nitrogen and oxygen atoms in total. The molecule has 0 aliphatic rings. The van der Waals surface area contributed by atoms with Crippen molar-refractivity contribution in [3.05, 3.63) is 35.5 Å². The zero-order chi connectivity index (χ0) is 11.8. The molecule has 0 saturated heterocycles. The Morgan fingerprint density at radius 3 is 2.44 bits per heavy atom. The molecule has 2 rings (SSSR count). The third-order valence-electron chi connectivity index (χ3n) is 1.78. The van der Waals surface area contributed by atoms with Gasteiger partial charge in [0.05, 0.1) is 0 Å². The first kappa shape index (κ1) is 10.9. The van der Waals surface area contributed by atoms with Crippen LogP contribution in [0.2, 0.25) is 5.02 Å². The molecule has 1 aromatic carbocycles. The summed E-state index contributed by atoms with van der Waals surface area (Å²) in [6.07, 6.45) is 0.740. The maximum Gasteiger partial charge on any atom is 0.423 e. The van der Waals surface area contributed by atoms with Gasteiger partial charge in [0, 0.05) is 9.11 Å². The highest BCUT2D eigenvalue weighted by molar-refractivity contribution is 7.84. The van der Waals surface area contributed by atoms with Gasteiger partial charge in [0.15, 0.2) is 5.95 Å². The maximum absolute atomic E-state index is 11.8. The van der Waals surface area contributed by atoms with E-state index >= 15 is 0 Å². The second-order valence-electron chi connectivity index (χ2n) is 2.85. The van der Waals surface area contributed by atoms with Crippen LogP contribution in [-0.4, -0.2) is 13.7 Å². The average molecular weight is 261 g/mol. The molecular weight excluding hydrogens is 256 g/mol. The molecule has 0 saturated carbocycles. The van der Waals surface area contributed by atoms with E-state index in [0.717, 1.165) is 6.20 Å². The zero-order valence-corrected chi connectivity index (χ0v) is 9.27. The lowest BCUT2D eigenvalue weighted by atomic mass is 10.4. The minimum absolute atomic E-state index is 0.0322. The van der Waals surface area contributed by atoms with E-state index in [2.05, 4.69) is 9.79 Å². The van der Waals surface area contributed by atoms with Crippen LogP contribution in [0.3, 0.4) is 0 Å². The van der Waals surface area contributed by atoms with Crippen LogP contribution in [0.1, 0.15) is 0 Å². The molecule has 2 aromatic rings. The Labute approximate surface area is 95.7 Å². The molecule has 0 spiro atoms. The molecule has 0 aliphatic heterocycles. The van der Waals surface area contributed by atoms with Crippen LogP contribution >= 0.6 is 11.6 Å². The molecule has 0 aliphatic carbocycles. The van der Waals surface area contributed by atoms with Crippen molar-refractivity contribution in [1.82, 2.24) is 5.27 Å². The summed E-state index contributed by atoms with van der Waals surface area (Å²) in [5.74, 6) is -0.836. The molecule has 0 N–H and O–H groups in total. The van der Waals surface area contributed by atoms with Crippen molar-refractivity contribution in [1.29, 1.82) is 0 Å². The molecule has 0 amide bonds. The van der Waals surface area contributed by atoms with Crippen molar-refractivity contribution in [2.24, 2.45) is 0 Å². The van der Waals surface area contributed by atoms with Crippen LogP contribution in [0, 0.1) is 0 Å². The highest BCUT2D eigenvalue weighted by Gasteiger charge is 2.27. The molecule has 0 unspecified atom stereocenters. The molecular formula is C8H5ClN2O4S. The van der Waals surface area contributed by atoms with Crippen LogP contribution < -0.4 is 9.19 Å². The summed E-state index contributed by atoms with van der Waals surface area (Å²) >= 11 is 5.63. The van der Waals surface area contributed by atoms with E-state index in [-0.39, 0.29) is 4.90 Å².